The van der Waals surface area contributed by atoms with E-state index in [1.165, 1.54) is 5.34 Å². The van der Waals surface area contributed by atoms with E-state index >= 15 is 0 Å². The fraction of sp³-hybridized carbons (Fsp3) is 1.00. The molecule has 0 bridgehead atoms. The third-order valence-electron chi connectivity index (χ3n) is 0.100. The van der Waals surface area contributed by atoms with E-state index in [1.54, 1.807) is 6.92 Å². The Morgan fingerprint density at radius 3 is 2.10 bits per heavy atom. The largest absolute Gasteiger partial charge is 0.397 e. The average Bonchev–Trinajstić information content (AvgIpc) is 1.67. The first kappa shape index (κ1) is 16.2. The van der Waals surface area contributed by atoms with Crippen LogP contribution >= 0.6 is 0 Å². The van der Waals surface area contributed by atoms with Crippen LogP contribution in [0.15, 0.2) is 5.34 Å². The molecule has 10 heavy (non-hydrogen) atoms. The summed E-state index contributed by atoms with van der Waals surface area (Å²) in [5.41, 5.74) is 0. The molecular formula is C2H6N2O5Ru. The van der Waals surface area contributed by atoms with Crippen LogP contribution in [0.5, 0.6) is 0 Å². The van der Waals surface area contributed by atoms with Gasteiger partial charge in [0.15, 0.2) is 5.09 Å². The summed E-state index contributed by atoms with van der Waals surface area (Å²) in [7, 11) is 0. The number of rotatable bonds is 2. The summed E-state index contributed by atoms with van der Waals surface area (Å²) in [6.45, 7) is 1.93. The van der Waals surface area contributed by atoms with Crippen LogP contribution in [0.2, 0.25) is 0 Å². The predicted molar refractivity (Wildman–Crippen MR) is 26.6 cm³/mol. The molecule has 0 rings (SSSR count). The van der Waals surface area contributed by atoms with Crippen LogP contribution in [0.1, 0.15) is 6.92 Å². The third-order valence-corrected chi connectivity index (χ3v) is 0.100. The summed E-state index contributed by atoms with van der Waals surface area (Å²) < 4.78 is 0. The van der Waals surface area contributed by atoms with Gasteiger partial charge in [-0.3, -0.25) is 0 Å². The van der Waals surface area contributed by atoms with Gasteiger partial charge in [0.25, 0.3) is 0 Å². The van der Waals surface area contributed by atoms with Crippen LogP contribution in [-0.4, -0.2) is 16.8 Å². The van der Waals surface area contributed by atoms with E-state index in [9.17, 15) is 0 Å². The molecule has 0 saturated heterocycles. The summed E-state index contributed by atoms with van der Waals surface area (Å²) in [5.74, 6) is 0. The van der Waals surface area contributed by atoms with Gasteiger partial charge in [-0.25, -0.2) is 10.1 Å². The molecule has 0 aromatic carbocycles. The zero-order valence-corrected chi connectivity index (χ0v) is 6.77. The van der Waals surface area contributed by atoms with E-state index in [0.717, 1.165) is 0 Å². The first-order valence-electron chi connectivity index (χ1n) is 1.94. The molecular weight excluding hydrogens is 233 g/mol. The standard InChI is InChI=1S/C2H6O.N2O4.Ru/c1-2-3;3-1-6-2(4)5;/h3H,2H2,1H3;;. The molecule has 0 atom stereocenters. The smallest absolute Gasteiger partial charge is 0.354 e. The van der Waals surface area contributed by atoms with Gasteiger partial charge in [-0.2, -0.15) is 0 Å². The fourth-order valence-corrected chi connectivity index (χ4v) is 0.0272. The Labute approximate surface area is 69.2 Å². The number of hydrogen-bond donors (Lipinski definition) is 1. The normalized spacial score (nSPS) is 5.80. The van der Waals surface area contributed by atoms with Crippen molar-refractivity contribution in [2.75, 3.05) is 6.61 Å². The number of nitrogens with zero attached hydrogens (tertiary/aromatic N) is 2. The summed E-state index contributed by atoms with van der Waals surface area (Å²) >= 11 is 0. The maximum Gasteiger partial charge on any atom is 0.354 e. The van der Waals surface area contributed by atoms with Gasteiger partial charge in [-0.1, -0.05) is 0 Å². The second kappa shape index (κ2) is 15.8. The van der Waals surface area contributed by atoms with E-state index in [0.29, 0.717) is 0 Å². The first-order valence-corrected chi connectivity index (χ1v) is 1.94. The molecule has 0 saturated carbocycles. The van der Waals surface area contributed by atoms with Crippen LogP contribution in [-0.2, 0) is 24.4 Å². The average molecular weight is 239 g/mol. The maximum absolute atomic E-state index is 8.89. The summed E-state index contributed by atoms with van der Waals surface area (Å²) in [4.78, 5) is 20.4. The fourth-order valence-electron chi connectivity index (χ4n) is 0.0272. The Morgan fingerprint density at radius 2 is 2.10 bits per heavy atom. The molecule has 7 nitrogen and oxygen atoms in total. The van der Waals surface area contributed by atoms with Gasteiger partial charge in [-0.15, -0.1) is 4.94 Å². The van der Waals surface area contributed by atoms with Crippen LogP contribution in [0.4, 0.5) is 0 Å². The molecule has 8 heteroatoms. The van der Waals surface area contributed by atoms with Crippen LogP contribution < -0.4 is 0 Å². The number of aliphatic hydroxyl groups excluding tert-OH is 1. The molecule has 0 aromatic rings. The summed E-state index contributed by atoms with van der Waals surface area (Å²) in [5, 5.41) is 16.6. The van der Waals surface area contributed by atoms with Crippen LogP contribution in [0.25, 0.3) is 0 Å². The van der Waals surface area contributed by atoms with Gasteiger partial charge in [-0.05, 0) is 6.92 Å². The van der Waals surface area contributed by atoms with Crippen molar-refractivity contribution in [1.82, 2.24) is 0 Å². The minimum atomic E-state index is -1.30. The van der Waals surface area contributed by atoms with Crippen molar-refractivity contribution in [3.63, 3.8) is 0 Å². The Balaban J connectivity index is -0.000000107. The van der Waals surface area contributed by atoms with Crippen molar-refractivity contribution < 1.29 is 34.6 Å². The van der Waals surface area contributed by atoms with Gasteiger partial charge in [0.05, 0.1) is 0 Å². The topological polar surface area (TPSA) is 102 Å². The van der Waals surface area contributed by atoms with Crippen molar-refractivity contribution in [2.24, 2.45) is 5.34 Å². The van der Waals surface area contributed by atoms with E-state index in [4.69, 9.17) is 20.1 Å². The molecule has 1 N–H and O–H groups in total. The van der Waals surface area contributed by atoms with Gasteiger partial charge in [0, 0.05) is 31.0 Å². The SMILES string of the molecule is CCO.O=NO[N+](=O)[O-].[Ru]. The van der Waals surface area contributed by atoms with Gasteiger partial charge < -0.3 is 5.11 Å². The predicted octanol–water partition coefficient (Wildman–Crippen LogP) is -0.128. The second-order valence-corrected chi connectivity index (χ2v) is 0.696. The zero-order valence-electron chi connectivity index (χ0n) is 5.04. The molecule has 0 unspecified atom stereocenters. The van der Waals surface area contributed by atoms with E-state index in [2.05, 4.69) is 4.94 Å². The van der Waals surface area contributed by atoms with E-state index < -0.39 is 5.09 Å². The monoisotopic (exact) mass is 240 g/mol. The number of hydrogen-bond acceptors (Lipinski definition) is 6. The molecule has 0 amide bonds. The molecule has 0 radical (unpaired) electrons. The van der Waals surface area contributed by atoms with E-state index in [1.807, 2.05) is 0 Å². The quantitative estimate of drug-likeness (QED) is 0.313. The van der Waals surface area contributed by atoms with Crippen molar-refractivity contribution >= 4 is 0 Å². The van der Waals surface area contributed by atoms with Crippen molar-refractivity contribution in [1.29, 1.82) is 0 Å². The first-order chi connectivity index (χ1) is 4.18. The van der Waals surface area contributed by atoms with Crippen molar-refractivity contribution in [3.8, 4) is 0 Å². The van der Waals surface area contributed by atoms with Crippen molar-refractivity contribution in [3.05, 3.63) is 15.0 Å². The Morgan fingerprint density at radius 1 is 1.80 bits per heavy atom. The molecule has 0 aliphatic rings. The summed E-state index contributed by atoms with van der Waals surface area (Å²) in [6.07, 6.45) is 0. The minimum Gasteiger partial charge on any atom is -0.397 e. The zero-order chi connectivity index (χ0) is 7.70. The van der Waals surface area contributed by atoms with Crippen molar-refractivity contribution in [2.45, 2.75) is 6.92 Å². The summed E-state index contributed by atoms with van der Waals surface area (Å²) in [6, 6.07) is 0. The second-order valence-electron chi connectivity index (χ2n) is 0.696. The minimum absolute atomic E-state index is 0. The molecule has 0 spiro atoms. The van der Waals surface area contributed by atoms with Gasteiger partial charge in [0.2, 0.25) is 0 Å². The van der Waals surface area contributed by atoms with Gasteiger partial charge in [0.1, 0.15) is 0 Å². The molecule has 0 heterocycles. The van der Waals surface area contributed by atoms with Crippen LogP contribution in [0.3, 0.4) is 0 Å². The Kier molecular flexibility index (Phi) is 25.5. The van der Waals surface area contributed by atoms with Crippen LogP contribution in [0, 0.1) is 15.0 Å². The number of aliphatic hydroxyl groups is 1. The molecule has 62 valence electrons. The van der Waals surface area contributed by atoms with Gasteiger partial charge >= 0.3 is 5.34 Å². The molecule has 0 aliphatic heterocycles. The molecule has 0 aliphatic carbocycles. The maximum atomic E-state index is 8.89. The van der Waals surface area contributed by atoms with E-state index in [-0.39, 0.29) is 26.1 Å². The molecule has 0 aromatic heterocycles. The third kappa shape index (κ3) is 53.0. The Hall–Kier alpha value is -0.617. The Bertz CT molecular complexity index is 87.7. The molecule has 0 fully saturated rings.